The van der Waals surface area contributed by atoms with Crippen LogP contribution in [0.25, 0.3) is 0 Å². The van der Waals surface area contributed by atoms with E-state index in [-0.39, 0.29) is 31.1 Å². The van der Waals surface area contributed by atoms with E-state index in [1.165, 1.54) is 96.3 Å². The van der Waals surface area contributed by atoms with Crippen LogP contribution in [0.4, 0.5) is 0 Å². The highest BCUT2D eigenvalue weighted by molar-refractivity contribution is 5.71. The summed E-state index contributed by atoms with van der Waals surface area (Å²) in [6.45, 7) is 6.33. The van der Waals surface area contributed by atoms with Gasteiger partial charge in [-0.2, -0.15) is 0 Å². The summed E-state index contributed by atoms with van der Waals surface area (Å²) in [5.74, 6) is -0.932. The number of carbonyl (C=O) groups excluding carboxylic acids is 3. The molecular formula is C77H126O6. The highest BCUT2D eigenvalue weighted by atomic mass is 16.6. The number of hydrogen-bond donors (Lipinski definition) is 0. The Hall–Kier alpha value is -4.71. The second kappa shape index (κ2) is 69.8. The topological polar surface area (TPSA) is 78.9 Å². The Morgan fingerprint density at radius 3 is 0.735 bits per heavy atom. The molecule has 0 aliphatic heterocycles. The van der Waals surface area contributed by atoms with Crippen LogP contribution in [0.1, 0.15) is 303 Å². The normalized spacial score (nSPS) is 13.0. The number of carbonyl (C=O) groups is 3. The largest absolute Gasteiger partial charge is 0.462 e. The predicted octanol–water partition coefficient (Wildman–Crippen LogP) is 23.9. The maximum atomic E-state index is 12.9. The highest BCUT2D eigenvalue weighted by Gasteiger charge is 2.19. The molecule has 0 spiro atoms. The van der Waals surface area contributed by atoms with Crippen LogP contribution in [0, 0.1) is 0 Å². The van der Waals surface area contributed by atoms with Crippen LogP contribution in [0.5, 0.6) is 0 Å². The summed E-state index contributed by atoms with van der Waals surface area (Å²) < 4.78 is 16.9. The van der Waals surface area contributed by atoms with E-state index in [1.54, 1.807) is 0 Å². The molecule has 0 N–H and O–H groups in total. The fraction of sp³-hybridized carbons (Fsp3) is 0.649. The van der Waals surface area contributed by atoms with Gasteiger partial charge in [-0.25, -0.2) is 0 Å². The van der Waals surface area contributed by atoms with E-state index in [0.717, 1.165) is 167 Å². The Morgan fingerprint density at radius 1 is 0.253 bits per heavy atom. The van der Waals surface area contributed by atoms with Gasteiger partial charge in [0.05, 0.1) is 0 Å². The summed E-state index contributed by atoms with van der Waals surface area (Å²) in [4.78, 5) is 38.4. The first-order valence-corrected chi connectivity index (χ1v) is 34.3. The van der Waals surface area contributed by atoms with Gasteiger partial charge < -0.3 is 14.2 Å². The number of esters is 3. The molecule has 1 unspecified atom stereocenters. The molecular weight excluding hydrogens is 1020 g/mol. The molecule has 1 atom stereocenters. The van der Waals surface area contributed by atoms with Gasteiger partial charge in [-0.15, -0.1) is 0 Å². The molecule has 6 heteroatoms. The Bertz CT molecular complexity index is 1800. The highest BCUT2D eigenvalue weighted by Crippen LogP contribution is 2.16. The number of allylic oxidation sites excluding steroid dienone is 24. The lowest BCUT2D eigenvalue weighted by atomic mass is 10.0. The summed E-state index contributed by atoms with van der Waals surface area (Å²) in [7, 11) is 0. The summed E-state index contributed by atoms with van der Waals surface area (Å²) in [6, 6.07) is 0. The van der Waals surface area contributed by atoms with Crippen molar-refractivity contribution in [2.75, 3.05) is 13.2 Å². The number of unbranched alkanes of at least 4 members (excludes halogenated alkanes) is 26. The van der Waals surface area contributed by atoms with Gasteiger partial charge in [-0.1, -0.05) is 295 Å². The monoisotopic (exact) mass is 1150 g/mol. The van der Waals surface area contributed by atoms with Crippen molar-refractivity contribution in [2.24, 2.45) is 0 Å². The van der Waals surface area contributed by atoms with Crippen molar-refractivity contribution in [1.82, 2.24) is 0 Å². The number of ether oxygens (including phenoxy) is 3. The summed E-state index contributed by atoms with van der Waals surface area (Å²) in [5.41, 5.74) is 0. The molecule has 0 amide bonds. The van der Waals surface area contributed by atoms with Gasteiger partial charge in [-0.05, 0) is 135 Å². The zero-order valence-electron chi connectivity index (χ0n) is 53.9. The average molecular weight is 1150 g/mol. The van der Waals surface area contributed by atoms with Gasteiger partial charge in [0.2, 0.25) is 0 Å². The lowest BCUT2D eigenvalue weighted by Gasteiger charge is -2.18. The van der Waals surface area contributed by atoms with Gasteiger partial charge in [0.1, 0.15) is 13.2 Å². The second-order valence-corrected chi connectivity index (χ2v) is 22.3. The smallest absolute Gasteiger partial charge is 0.306 e. The molecule has 0 aromatic rings. The fourth-order valence-electron chi connectivity index (χ4n) is 9.24. The van der Waals surface area contributed by atoms with Crippen molar-refractivity contribution in [3.05, 3.63) is 146 Å². The van der Waals surface area contributed by atoms with Crippen LogP contribution < -0.4 is 0 Å². The van der Waals surface area contributed by atoms with Crippen LogP contribution in [0.15, 0.2) is 146 Å². The Kier molecular flexibility index (Phi) is 65.8. The van der Waals surface area contributed by atoms with Crippen molar-refractivity contribution < 1.29 is 28.6 Å². The second-order valence-electron chi connectivity index (χ2n) is 22.3. The molecule has 0 heterocycles. The Morgan fingerprint density at radius 2 is 0.470 bits per heavy atom. The number of rotatable bonds is 61. The minimum absolute atomic E-state index is 0.0962. The van der Waals surface area contributed by atoms with E-state index < -0.39 is 6.10 Å². The third kappa shape index (κ3) is 68.0. The maximum absolute atomic E-state index is 12.9. The van der Waals surface area contributed by atoms with Gasteiger partial charge in [0.25, 0.3) is 0 Å². The van der Waals surface area contributed by atoms with E-state index in [9.17, 15) is 14.4 Å². The van der Waals surface area contributed by atoms with Crippen molar-refractivity contribution in [3.8, 4) is 0 Å². The minimum Gasteiger partial charge on any atom is -0.462 e. The first-order chi connectivity index (χ1) is 41.0. The molecule has 0 aromatic heterocycles. The summed E-state index contributed by atoms with van der Waals surface area (Å²) in [5, 5.41) is 0. The SMILES string of the molecule is CC/C=C\C/C=C\C/C=C\C/C=C\C/C=C\C/C=C\CCCCCCC(=O)OC(COC(=O)CCCCCCC/C=C\C/C=C\CCC)COC(=O)CCCCCCCCCCCCCCCCCC/C=C\C/C=C\C/C=C\C/C=C\CC. The molecule has 0 saturated carbocycles. The Labute approximate surface area is 512 Å². The maximum Gasteiger partial charge on any atom is 0.306 e. The standard InChI is InChI=1S/C77H126O6/c1-4-7-10-13-16-19-22-25-27-29-31-33-35-36-37-38-39-40-42-43-45-47-49-52-55-58-61-64-67-70-76(79)82-73-74(72-81-75(78)69-66-63-60-57-54-51-24-21-18-15-12-9-6-3)83-77(80)71-68-65-62-59-56-53-50-48-46-44-41-34-32-30-28-26-23-20-17-14-11-8-5-2/h7-8,10-12,15-17,19-21,24-28,31-34,44,46,50,53,74H,4-6,9,13-14,18,22-23,29-30,35-43,45,47-49,51-52,54-73H2,1-3H3/b10-7-,11-8-,15-12-,19-16-,20-17-,24-21-,27-25-,28-26-,33-31-,34-32-,46-44-,53-50-. The summed E-state index contributed by atoms with van der Waals surface area (Å²) >= 11 is 0. The van der Waals surface area contributed by atoms with E-state index >= 15 is 0 Å². The van der Waals surface area contributed by atoms with E-state index in [1.807, 2.05) is 0 Å². The molecule has 0 aliphatic rings. The van der Waals surface area contributed by atoms with E-state index in [4.69, 9.17) is 14.2 Å². The zero-order valence-corrected chi connectivity index (χ0v) is 53.9. The molecule has 0 fully saturated rings. The van der Waals surface area contributed by atoms with Crippen molar-refractivity contribution >= 4 is 17.9 Å². The van der Waals surface area contributed by atoms with Crippen LogP contribution in [-0.4, -0.2) is 37.2 Å². The van der Waals surface area contributed by atoms with Gasteiger partial charge >= 0.3 is 17.9 Å². The predicted molar refractivity (Wildman–Crippen MR) is 362 cm³/mol. The fourth-order valence-corrected chi connectivity index (χ4v) is 9.24. The molecule has 6 nitrogen and oxygen atoms in total. The lowest BCUT2D eigenvalue weighted by molar-refractivity contribution is -0.167. The average Bonchev–Trinajstić information content (AvgIpc) is 3.49. The van der Waals surface area contributed by atoms with Gasteiger partial charge in [0, 0.05) is 19.3 Å². The molecule has 0 radical (unpaired) electrons. The molecule has 0 rings (SSSR count). The quantitative estimate of drug-likeness (QED) is 0.0261. The van der Waals surface area contributed by atoms with Crippen LogP contribution in [0.2, 0.25) is 0 Å². The van der Waals surface area contributed by atoms with Crippen LogP contribution >= 0.6 is 0 Å². The molecule has 0 bridgehead atoms. The minimum atomic E-state index is -0.804. The lowest BCUT2D eigenvalue weighted by Crippen LogP contribution is -2.30. The zero-order chi connectivity index (χ0) is 59.9. The molecule has 470 valence electrons. The third-order valence-corrected chi connectivity index (χ3v) is 14.3. The van der Waals surface area contributed by atoms with E-state index in [0.29, 0.717) is 19.3 Å². The molecule has 83 heavy (non-hydrogen) atoms. The van der Waals surface area contributed by atoms with Crippen molar-refractivity contribution in [1.29, 1.82) is 0 Å². The third-order valence-electron chi connectivity index (χ3n) is 14.3. The number of hydrogen-bond acceptors (Lipinski definition) is 6. The van der Waals surface area contributed by atoms with Crippen LogP contribution in [-0.2, 0) is 28.6 Å². The molecule has 0 aromatic carbocycles. The summed E-state index contributed by atoms with van der Waals surface area (Å²) in [6.07, 6.45) is 100. The molecule has 0 saturated heterocycles. The van der Waals surface area contributed by atoms with Crippen molar-refractivity contribution in [2.45, 2.75) is 309 Å². The van der Waals surface area contributed by atoms with Gasteiger partial charge in [0.15, 0.2) is 6.10 Å². The van der Waals surface area contributed by atoms with Gasteiger partial charge in [-0.3, -0.25) is 14.4 Å². The first-order valence-electron chi connectivity index (χ1n) is 34.3. The van der Waals surface area contributed by atoms with E-state index in [2.05, 4.69) is 167 Å². The van der Waals surface area contributed by atoms with Crippen LogP contribution in [0.3, 0.4) is 0 Å². The van der Waals surface area contributed by atoms with Crippen molar-refractivity contribution in [3.63, 3.8) is 0 Å². The first kappa shape index (κ1) is 78.3. The molecule has 0 aliphatic carbocycles. The Balaban J connectivity index is 4.33.